The lowest BCUT2D eigenvalue weighted by Gasteiger charge is -2.08. The Hall–Kier alpha value is -2.37. The first kappa shape index (κ1) is 46.7. The highest BCUT2D eigenvalue weighted by molar-refractivity contribution is 5.36. The standard InChI is InChI=1S/C24H42O.C15H24O.C2H8N2.CH2O/c1-3-5-7-9-11-13-15-17-22-19-20-24(25)23(21-22)18-16-14-12-10-8-6-4-2;1-2-3-4-5-6-7-8-9-14-10-12-15(16)13-11-14;3-1-2-4;1-2/h19-21,25H,3-18H2,1-2H3;10-13,16H,2-9H2,1H3;1-4H2;1H2. The van der Waals surface area contributed by atoms with Gasteiger partial charge in [0.1, 0.15) is 18.3 Å². The molecular weight excluding hydrogens is 580 g/mol. The zero-order valence-electron chi connectivity index (χ0n) is 31.1. The van der Waals surface area contributed by atoms with Crippen LogP contribution in [-0.4, -0.2) is 30.1 Å². The van der Waals surface area contributed by atoms with E-state index >= 15 is 0 Å². The summed E-state index contributed by atoms with van der Waals surface area (Å²) >= 11 is 0. The Balaban J connectivity index is 0. The van der Waals surface area contributed by atoms with Crippen molar-refractivity contribution in [3.8, 4) is 11.5 Å². The minimum absolute atomic E-state index is 0.364. The number of carbonyl (C=O) groups excluding carboxylic acids is 1. The van der Waals surface area contributed by atoms with E-state index in [9.17, 15) is 5.11 Å². The van der Waals surface area contributed by atoms with Gasteiger partial charge in [-0.1, -0.05) is 161 Å². The number of unbranched alkanes of at least 4 members (excludes halogenated alkanes) is 18. The van der Waals surface area contributed by atoms with Crippen LogP contribution in [0.15, 0.2) is 42.5 Å². The summed E-state index contributed by atoms with van der Waals surface area (Å²) in [7, 11) is 0. The molecule has 0 spiro atoms. The molecule has 47 heavy (non-hydrogen) atoms. The Bertz CT molecular complexity index is 886. The van der Waals surface area contributed by atoms with Gasteiger partial charge in [0.05, 0.1) is 0 Å². The summed E-state index contributed by atoms with van der Waals surface area (Å²) in [5, 5.41) is 19.2. The predicted octanol–water partition coefficient (Wildman–Crippen LogP) is 11.4. The first-order valence-electron chi connectivity index (χ1n) is 19.3. The first-order chi connectivity index (χ1) is 23.0. The lowest BCUT2D eigenvalue weighted by molar-refractivity contribution is -0.0980. The maximum Gasteiger partial charge on any atom is 0.118 e. The number of carbonyl (C=O) groups is 1. The van der Waals surface area contributed by atoms with Gasteiger partial charge in [0, 0.05) is 13.1 Å². The third-order valence-electron chi connectivity index (χ3n) is 8.43. The van der Waals surface area contributed by atoms with Gasteiger partial charge < -0.3 is 26.5 Å². The average molecular weight is 657 g/mol. The number of phenols is 2. The van der Waals surface area contributed by atoms with E-state index in [1.165, 1.54) is 146 Å². The average Bonchev–Trinajstić information content (AvgIpc) is 3.10. The molecule has 0 atom stereocenters. The van der Waals surface area contributed by atoms with Gasteiger partial charge in [0.15, 0.2) is 0 Å². The minimum atomic E-state index is 0.364. The molecule has 0 aromatic heterocycles. The van der Waals surface area contributed by atoms with E-state index in [1.54, 1.807) is 12.1 Å². The maximum absolute atomic E-state index is 10.1. The smallest absolute Gasteiger partial charge is 0.118 e. The fraction of sp³-hybridized carbons (Fsp3) is 0.690. The van der Waals surface area contributed by atoms with Crippen LogP contribution in [0.4, 0.5) is 0 Å². The van der Waals surface area contributed by atoms with E-state index in [-0.39, 0.29) is 0 Å². The Labute approximate surface area is 291 Å². The molecule has 2 aromatic carbocycles. The normalized spacial score (nSPS) is 10.2. The van der Waals surface area contributed by atoms with Gasteiger partial charge in [0.2, 0.25) is 0 Å². The fourth-order valence-electron chi connectivity index (χ4n) is 5.50. The molecule has 5 heteroatoms. The first-order valence-corrected chi connectivity index (χ1v) is 19.3. The molecule has 0 saturated carbocycles. The molecule has 5 nitrogen and oxygen atoms in total. The van der Waals surface area contributed by atoms with Crippen LogP contribution >= 0.6 is 0 Å². The highest BCUT2D eigenvalue weighted by Crippen LogP contribution is 2.23. The van der Waals surface area contributed by atoms with Crippen molar-refractivity contribution in [1.82, 2.24) is 0 Å². The van der Waals surface area contributed by atoms with Crippen LogP contribution in [0.5, 0.6) is 11.5 Å². The third kappa shape index (κ3) is 32.0. The molecule has 0 fully saturated rings. The summed E-state index contributed by atoms with van der Waals surface area (Å²) in [6.07, 6.45) is 31.7. The van der Waals surface area contributed by atoms with Gasteiger partial charge >= 0.3 is 0 Å². The number of phenolic OH excluding ortho intramolecular Hbond substituents is 2. The molecule has 6 N–H and O–H groups in total. The van der Waals surface area contributed by atoms with Crippen molar-refractivity contribution in [1.29, 1.82) is 0 Å². The summed E-state index contributed by atoms with van der Waals surface area (Å²) in [4.78, 5) is 8.00. The summed E-state index contributed by atoms with van der Waals surface area (Å²) in [6, 6.07) is 13.9. The number of benzene rings is 2. The Morgan fingerprint density at radius 2 is 0.809 bits per heavy atom. The summed E-state index contributed by atoms with van der Waals surface area (Å²) in [5.41, 5.74) is 13.7. The molecule has 0 radical (unpaired) electrons. The van der Waals surface area contributed by atoms with Crippen LogP contribution in [0.2, 0.25) is 0 Å². The maximum atomic E-state index is 10.1. The van der Waals surface area contributed by atoms with Crippen molar-refractivity contribution >= 4 is 6.79 Å². The number of hydrogen-bond donors (Lipinski definition) is 4. The van der Waals surface area contributed by atoms with Crippen LogP contribution in [-0.2, 0) is 24.1 Å². The van der Waals surface area contributed by atoms with E-state index in [0.29, 0.717) is 24.6 Å². The Morgan fingerprint density at radius 1 is 0.468 bits per heavy atom. The molecule has 0 aliphatic rings. The van der Waals surface area contributed by atoms with Crippen molar-refractivity contribution in [3.05, 3.63) is 59.2 Å². The van der Waals surface area contributed by atoms with Crippen LogP contribution < -0.4 is 11.5 Å². The number of aromatic hydroxyl groups is 2. The van der Waals surface area contributed by atoms with Gasteiger partial charge in [-0.2, -0.15) is 0 Å². The second-order valence-corrected chi connectivity index (χ2v) is 12.8. The minimum Gasteiger partial charge on any atom is -0.508 e. The van der Waals surface area contributed by atoms with E-state index < -0.39 is 0 Å². The third-order valence-corrected chi connectivity index (χ3v) is 8.43. The summed E-state index contributed by atoms with van der Waals surface area (Å²) in [6.45, 7) is 9.99. The number of hydrogen-bond acceptors (Lipinski definition) is 5. The molecule has 0 saturated heterocycles. The van der Waals surface area contributed by atoms with Crippen molar-refractivity contribution in [2.45, 2.75) is 175 Å². The molecule has 2 rings (SSSR count). The molecule has 0 aliphatic heterocycles. The lowest BCUT2D eigenvalue weighted by Crippen LogP contribution is -2.11. The molecule has 0 heterocycles. The molecule has 0 bridgehead atoms. The highest BCUT2D eigenvalue weighted by atomic mass is 16.3. The van der Waals surface area contributed by atoms with Gasteiger partial charge in [-0.05, 0) is 73.4 Å². The summed E-state index contributed by atoms with van der Waals surface area (Å²) in [5.74, 6) is 0.859. The number of rotatable bonds is 25. The molecule has 272 valence electrons. The van der Waals surface area contributed by atoms with Crippen molar-refractivity contribution in [2.24, 2.45) is 11.5 Å². The highest BCUT2D eigenvalue weighted by Gasteiger charge is 2.04. The zero-order valence-corrected chi connectivity index (χ0v) is 31.1. The molecular formula is C42H76N2O3. The molecule has 0 unspecified atom stereocenters. The number of nitrogens with two attached hydrogens (primary N) is 2. The topological polar surface area (TPSA) is 110 Å². The SMILES string of the molecule is C=O.CCCCCCCCCc1ccc(O)c(CCCCCCCCC)c1.CCCCCCCCCc1ccc(O)cc1.NCCN. The van der Waals surface area contributed by atoms with E-state index in [4.69, 9.17) is 21.4 Å². The lowest BCUT2D eigenvalue weighted by atomic mass is 9.99. The van der Waals surface area contributed by atoms with Crippen LogP contribution in [0, 0.1) is 0 Å². The monoisotopic (exact) mass is 657 g/mol. The van der Waals surface area contributed by atoms with Crippen LogP contribution in [0.25, 0.3) is 0 Å². The molecule has 0 aliphatic carbocycles. The van der Waals surface area contributed by atoms with Crippen molar-refractivity contribution in [2.75, 3.05) is 13.1 Å². The van der Waals surface area contributed by atoms with E-state index in [2.05, 4.69) is 32.9 Å². The molecule has 0 amide bonds. The van der Waals surface area contributed by atoms with Crippen molar-refractivity contribution < 1.29 is 15.0 Å². The van der Waals surface area contributed by atoms with Crippen molar-refractivity contribution in [3.63, 3.8) is 0 Å². The fourth-order valence-corrected chi connectivity index (χ4v) is 5.50. The van der Waals surface area contributed by atoms with Crippen LogP contribution in [0.1, 0.15) is 172 Å². The van der Waals surface area contributed by atoms with Gasteiger partial charge in [0.25, 0.3) is 0 Å². The van der Waals surface area contributed by atoms with Crippen LogP contribution in [0.3, 0.4) is 0 Å². The van der Waals surface area contributed by atoms with Gasteiger partial charge in [-0.15, -0.1) is 0 Å². The Kier molecular flexibility index (Phi) is 37.9. The van der Waals surface area contributed by atoms with E-state index in [0.717, 1.165) is 24.8 Å². The quantitative estimate of drug-likeness (QED) is 0.0795. The zero-order chi connectivity index (χ0) is 35.2. The second kappa shape index (κ2) is 38.1. The molecule has 2 aromatic rings. The second-order valence-electron chi connectivity index (χ2n) is 12.8. The summed E-state index contributed by atoms with van der Waals surface area (Å²) < 4.78 is 0. The number of aryl methyl sites for hydroxylation is 3. The Morgan fingerprint density at radius 3 is 1.21 bits per heavy atom. The predicted molar refractivity (Wildman–Crippen MR) is 207 cm³/mol. The van der Waals surface area contributed by atoms with Gasteiger partial charge in [-0.25, -0.2) is 0 Å². The van der Waals surface area contributed by atoms with E-state index in [1.807, 2.05) is 25.0 Å². The largest absolute Gasteiger partial charge is 0.508 e. The van der Waals surface area contributed by atoms with Gasteiger partial charge in [-0.3, -0.25) is 0 Å².